The topological polar surface area (TPSA) is 137 Å². The fourth-order valence-electron chi connectivity index (χ4n) is 2.24. The van der Waals surface area contributed by atoms with Crippen LogP contribution in [0.15, 0.2) is 24.3 Å². The van der Waals surface area contributed by atoms with Gasteiger partial charge in [0.15, 0.2) is 6.29 Å². The Bertz CT molecular complexity index is 800. The highest BCUT2D eigenvalue weighted by Crippen LogP contribution is 2.22. The average molecular weight is 448 g/mol. The van der Waals surface area contributed by atoms with E-state index in [2.05, 4.69) is 9.50 Å². The van der Waals surface area contributed by atoms with Gasteiger partial charge in [0, 0.05) is 6.61 Å². The van der Waals surface area contributed by atoms with Crippen molar-refractivity contribution < 1.29 is 41.5 Å². The van der Waals surface area contributed by atoms with E-state index in [9.17, 15) is 23.1 Å². The minimum Gasteiger partial charge on any atom is -0.444 e. The van der Waals surface area contributed by atoms with E-state index >= 15 is 0 Å². The highest BCUT2D eigenvalue weighted by Gasteiger charge is 2.26. The Morgan fingerprint density at radius 2 is 1.77 bits per heavy atom. The minimum absolute atomic E-state index is 0.167. The molecule has 0 bridgehead atoms. The van der Waals surface area contributed by atoms with E-state index in [0.717, 1.165) is 7.11 Å². The first kappa shape index (κ1) is 25.8. The molecule has 0 heterocycles. The van der Waals surface area contributed by atoms with Crippen molar-refractivity contribution in [1.29, 1.82) is 0 Å². The molecule has 0 aliphatic carbocycles. The van der Waals surface area contributed by atoms with Gasteiger partial charge in [-0.3, -0.25) is 8.98 Å². The standard InChI is InChI=1S/C19H29NO9S/c1-6-27-17(22)16(20-18(23)29-19(2,3)4)13-7-9-14(10-8-13)28-15(21)11-12-30(24,25)26-5/h7-10,16-17,22H,6,11-12H2,1-5H3,(H,20,23). The molecule has 30 heavy (non-hydrogen) atoms. The Morgan fingerprint density at radius 1 is 1.17 bits per heavy atom. The van der Waals surface area contributed by atoms with Gasteiger partial charge in [-0.15, -0.1) is 0 Å². The zero-order valence-corrected chi connectivity index (χ0v) is 18.5. The maximum absolute atomic E-state index is 12.1. The van der Waals surface area contributed by atoms with Crippen molar-refractivity contribution in [2.45, 2.75) is 52.0 Å². The lowest BCUT2D eigenvalue weighted by molar-refractivity contribution is -0.134. The van der Waals surface area contributed by atoms with E-state index in [-0.39, 0.29) is 18.8 Å². The number of ether oxygens (including phenoxy) is 3. The molecule has 0 radical (unpaired) electrons. The van der Waals surface area contributed by atoms with Gasteiger partial charge in [0.05, 0.1) is 19.3 Å². The molecule has 2 N–H and O–H groups in total. The van der Waals surface area contributed by atoms with Crippen LogP contribution in [0.1, 0.15) is 45.7 Å². The Labute approximate surface area is 176 Å². The van der Waals surface area contributed by atoms with Crippen LogP contribution in [-0.4, -0.2) is 56.9 Å². The van der Waals surface area contributed by atoms with Crippen molar-refractivity contribution in [3.63, 3.8) is 0 Å². The van der Waals surface area contributed by atoms with Crippen molar-refractivity contribution >= 4 is 22.2 Å². The SMILES string of the molecule is CCOC(O)C(NC(=O)OC(C)(C)C)c1ccc(OC(=O)CCS(=O)(=O)OC)cc1. The summed E-state index contributed by atoms with van der Waals surface area (Å²) >= 11 is 0. The summed E-state index contributed by atoms with van der Waals surface area (Å²) in [5, 5.41) is 12.8. The average Bonchev–Trinajstić information content (AvgIpc) is 2.64. The Balaban J connectivity index is 2.85. The summed E-state index contributed by atoms with van der Waals surface area (Å²) in [4.78, 5) is 23.9. The minimum atomic E-state index is -3.76. The second kappa shape index (κ2) is 11.3. The van der Waals surface area contributed by atoms with Crippen LogP contribution in [0.25, 0.3) is 0 Å². The van der Waals surface area contributed by atoms with Crippen LogP contribution in [-0.2, 0) is 28.6 Å². The molecule has 0 aromatic heterocycles. The van der Waals surface area contributed by atoms with Gasteiger partial charge < -0.3 is 24.6 Å². The van der Waals surface area contributed by atoms with Gasteiger partial charge in [-0.2, -0.15) is 8.42 Å². The molecule has 2 unspecified atom stereocenters. The molecule has 0 saturated carbocycles. The predicted octanol–water partition coefficient (Wildman–Crippen LogP) is 1.88. The molecule has 1 amide bonds. The maximum Gasteiger partial charge on any atom is 0.408 e. The Morgan fingerprint density at radius 3 is 2.27 bits per heavy atom. The summed E-state index contributed by atoms with van der Waals surface area (Å²) in [7, 11) is -2.75. The summed E-state index contributed by atoms with van der Waals surface area (Å²) in [6.07, 6.45) is -2.44. The summed E-state index contributed by atoms with van der Waals surface area (Å²) in [5.74, 6) is -1.08. The molecular formula is C19H29NO9S. The van der Waals surface area contributed by atoms with Gasteiger partial charge in [0.25, 0.3) is 10.1 Å². The van der Waals surface area contributed by atoms with E-state index in [1.54, 1.807) is 27.7 Å². The quantitative estimate of drug-likeness (QED) is 0.238. The van der Waals surface area contributed by atoms with Crippen molar-refractivity contribution in [3.05, 3.63) is 29.8 Å². The van der Waals surface area contributed by atoms with Gasteiger partial charge in [-0.05, 0) is 45.4 Å². The number of rotatable bonds is 10. The number of hydrogen-bond acceptors (Lipinski definition) is 9. The van der Waals surface area contributed by atoms with Crippen molar-refractivity contribution in [2.75, 3.05) is 19.5 Å². The van der Waals surface area contributed by atoms with Crippen LogP contribution in [0.3, 0.4) is 0 Å². The molecule has 0 aliphatic rings. The second-order valence-electron chi connectivity index (χ2n) is 7.19. The summed E-state index contributed by atoms with van der Waals surface area (Å²) in [6.45, 7) is 7.04. The van der Waals surface area contributed by atoms with Gasteiger partial charge in [-0.1, -0.05) is 12.1 Å². The van der Waals surface area contributed by atoms with Crippen LogP contribution in [0.2, 0.25) is 0 Å². The number of amides is 1. The molecule has 0 fully saturated rings. The number of benzene rings is 1. The first-order valence-corrected chi connectivity index (χ1v) is 10.8. The first-order chi connectivity index (χ1) is 13.9. The van der Waals surface area contributed by atoms with E-state index in [1.165, 1.54) is 24.3 Å². The maximum atomic E-state index is 12.1. The number of hydrogen-bond donors (Lipinski definition) is 2. The molecule has 2 atom stereocenters. The molecule has 0 saturated heterocycles. The highest BCUT2D eigenvalue weighted by molar-refractivity contribution is 7.86. The monoisotopic (exact) mass is 447 g/mol. The molecular weight excluding hydrogens is 418 g/mol. The van der Waals surface area contributed by atoms with Crippen molar-refractivity contribution in [3.8, 4) is 5.75 Å². The smallest absolute Gasteiger partial charge is 0.408 e. The molecule has 1 rings (SSSR count). The molecule has 11 heteroatoms. The third-order valence-corrected chi connectivity index (χ3v) is 4.79. The summed E-state index contributed by atoms with van der Waals surface area (Å²) in [6, 6.07) is 5.01. The fourth-order valence-corrected chi connectivity index (χ4v) is 2.82. The number of carbonyl (C=O) groups is 2. The molecule has 170 valence electrons. The van der Waals surface area contributed by atoms with Gasteiger partial charge >= 0.3 is 12.1 Å². The van der Waals surface area contributed by atoms with E-state index in [1.807, 2.05) is 0 Å². The van der Waals surface area contributed by atoms with Crippen LogP contribution >= 0.6 is 0 Å². The number of nitrogens with one attached hydrogen (secondary N) is 1. The molecule has 0 aliphatic heterocycles. The van der Waals surface area contributed by atoms with E-state index < -0.39 is 45.9 Å². The number of aliphatic hydroxyl groups is 1. The van der Waals surface area contributed by atoms with Crippen LogP contribution < -0.4 is 10.1 Å². The lowest BCUT2D eigenvalue weighted by Crippen LogP contribution is -2.40. The second-order valence-corrected chi connectivity index (χ2v) is 9.05. The molecule has 1 aromatic carbocycles. The van der Waals surface area contributed by atoms with Gasteiger partial charge in [0.1, 0.15) is 17.4 Å². The zero-order chi connectivity index (χ0) is 22.9. The summed E-state index contributed by atoms with van der Waals surface area (Å²) in [5.41, 5.74) is -0.247. The van der Waals surface area contributed by atoms with Crippen LogP contribution in [0.5, 0.6) is 5.75 Å². The zero-order valence-electron chi connectivity index (χ0n) is 17.7. The Hall–Kier alpha value is -2.21. The lowest BCUT2D eigenvalue weighted by Gasteiger charge is -2.26. The van der Waals surface area contributed by atoms with Crippen LogP contribution in [0.4, 0.5) is 4.79 Å². The van der Waals surface area contributed by atoms with Gasteiger partial charge in [0.2, 0.25) is 0 Å². The number of aliphatic hydroxyl groups excluding tert-OH is 1. The predicted molar refractivity (Wildman–Crippen MR) is 107 cm³/mol. The fraction of sp³-hybridized carbons (Fsp3) is 0.579. The normalized spacial score (nSPS) is 13.9. The Kier molecular flexibility index (Phi) is 9.69. The third kappa shape index (κ3) is 9.53. The van der Waals surface area contributed by atoms with E-state index in [4.69, 9.17) is 14.2 Å². The number of alkyl carbamates (subject to hydrolysis) is 1. The molecule has 10 nitrogen and oxygen atoms in total. The lowest BCUT2D eigenvalue weighted by atomic mass is 10.1. The van der Waals surface area contributed by atoms with Crippen molar-refractivity contribution in [2.24, 2.45) is 0 Å². The molecule has 1 aromatic rings. The number of esters is 1. The first-order valence-electron chi connectivity index (χ1n) is 9.25. The van der Waals surface area contributed by atoms with Gasteiger partial charge in [-0.25, -0.2) is 4.79 Å². The third-order valence-electron chi connectivity index (χ3n) is 3.58. The highest BCUT2D eigenvalue weighted by atomic mass is 32.2. The van der Waals surface area contributed by atoms with Crippen molar-refractivity contribution in [1.82, 2.24) is 5.32 Å². The number of carbonyl (C=O) groups excluding carboxylic acids is 2. The molecule has 0 spiro atoms. The summed E-state index contributed by atoms with van der Waals surface area (Å²) < 4.78 is 42.3. The van der Waals surface area contributed by atoms with Crippen LogP contribution in [0, 0.1) is 0 Å². The van der Waals surface area contributed by atoms with E-state index in [0.29, 0.717) is 5.56 Å². The largest absolute Gasteiger partial charge is 0.444 e.